The van der Waals surface area contributed by atoms with Gasteiger partial charge in [0, 0.05) is 6.20 Å². The molecule has 2 N–H and O–H groups in total. The first-order valence-corrected chi connectivity index (χ1v) is 5.29. The van der Waals surface area contributed by atoms with Gasteiger partial charge in [-0.15, -0.1) is 0 Å². The third-order valence-corrected chi connectivity index (χ3v) is 2.25. The molecule has 0 amide bonds. The maximum Gasteiger partial charge on any atom is 0.327 e. The van der Waals surface area contributed by atoms with Gasteiger partial charge in [-0.25, -0.2) is 0 Å². The van der Waals surface area contributed by atoms with Crippen molar-refractivity contribution < 1.29 is 9.53 Å². The second kappa shape index (κ2) is 5.34. The summed E-state index contributed by atoms with van der Waals surface area (Å²) >= 11 is 0. The van der Waals surface area contributed by atoms with Gasteiger partial charge < -0.3 is 10.5 Å². The van der Waals surface area contributed by atoms with Crippen molar-refractivity contribution in [2.75, 3.05) is 12.3 Å². The van der Waals surface area contributed by atoms with Crippen LogP contribution in [0.25, 0.3) is 0 Å². The van der Waals surface area contributed by atoms with E-state index in [1.54, 1.807) is 26.1 Å². The van der Waals surface area contributed by atoms with E-state index in [2.05, 4.69) is 11.2 Å². The van der Waals surface area contributed by atoms with E-state index in [4.69, 9.17) is 15.7 Å². The topological polar surface area (TPSA) is 93.9 Å². The number of nitrogen functional groups attached to an aromatic ring is 1. The number of hydrogen-bond donors (Lipinski definition) is 1. The molecule has 0 aromatic carbocycles. The van der Waals surface area contributed by atoms with Gasteiger partial charge in [0.25, 0.3) is 0 Å². The highest BCUT2D eigenvalue weighted by molar-refractivity contribution is 5.69. The first-order chi connectivity index (χ1) is 7.93. The monoisotopic (exact) mass is 236 g/mol. The molecule has 6 nitrogen and oxygen atoms in total. The Hall–Kier alpha value is -2.03. The van der Waals surface area contributed by atoms with Crippen molar-refractivity contribution in [2.45, 2.75) is 26.8 Å². The van der Waals surface area contributed by atoms with E-state index in [0.717, 1.165) is 0 Å². The molecule has 0 aliphatic carbocycles. The second-order valence-electron chi connectivity index (χ2n) is 4.40. The van der Waals surface area contributed by atoms with Gasteiger partial charge in [0.05, 0.1) is 18.1 Å². The Morgan fingerprint density at radius 3 is 2.94 bits per heavy atom. The predicted octanol–water partition coefficient (Wildman–Crippen LogP) is 0.948. The highest BCUT2D eigenvalue weighted by Crippen LogP contribution is 2.18. The van der Waals surface area contributed by atoms with E-state index in [9.17, 15) is 4.79 Å². The number of carbonyl (C=O) groups excluding carboxylic acids is 1. The first-order valence-electron chi connectivity index (χ1n) is 5.29. The minimum atomic E-state index is -0.476. The minimum absolute atomic E-state index is 0.0319. The molecule has 1 rings (SSSR count). The molecule has 0 saturated carbocycles. The molecule has 0 aliphatic rings. The predicted molar refractivity (Wildman–Crippen MR) is 61.6 cm³/mol. The van der Waals surface area contributed by atoms with E-state index >= 15 is 0 Å². The van der Waals surface area contributed by atoms with Gasteiger partial charge in [-0.05, 0) is 26.3 Å². The van der Waals surface area contributed by atoms with Crippen molar-refractivity contribution in [1.82, 2.24) is 9.78 Å². The van der Waals surface area contributed by atoms with Gasteiger partial charge in [-0.3, -0.25) is 9.48 Å². The summed E-state index contributed by atoms with van der Waals surface area (Å²) in [6, 6.07) is 3.75. The van der Waals surface area contributed by atoms with Crippen molar-refractivity contribution in [3.8, 4) is 6.07 Å². The van der Waals surface area contributed by atoms with Gasteiger partial charge in [0.15, 0.2) is 0 Å². The SMILES string of the molecule is CC(C)(C#N)CCOC(=O)Cn1ccc(N)n1. The number of esters is 1. The molecule has 17 heavy (non-hydrogen) atoms. The number of aromatic nitrogens is 2. The zero-order valence-electron chi connectivity index (χ0n) is 10.0. The van der Waals surface area contributed by atoms with Crippen LogP contribution in [0, 0.1) is 16.7 Å². The highest BCUT2D eigenvalue weighted by atomic mass is 16.5. The summed E-state index contributed by atoms with van der Waals surface area (Å²) in [5.41, 5.74) is 4.93. The molecular formula is C11H16N4O2. The highest BCUT2D eigenvalue weighted by Gasteiger charge is 2.17. The van der Waals surface area contributed by atoms with E-state index in [1.165, 1.54) is 4.68 Å². The van der Waals surface area contributed by atoms with Crippen molar-refractivity contribution in [3.63, 3.8) is 0 Å². The van der Waals surface area contributed by atoms with Crippen LogP contribution < -0.4 is 5.73 Å². The minimum Gasteiger partial charge on any atom is -0.464 e. The van der Waals surface area contributed by atoms with Crippen molar-refractivity contribution >= 4 is 11.8 Å². The lowest BCUT2D eigenvalue weighted by Crippen LogP contribution is -2.18. The average Bonchev–Trinajstić information content (AvgIpc) is 2.63. The summed E-state index contributed by atoms with van der Waals surface area (Å²) in [4.78, 5) is 11.4. The summed E-state index contributed by atoms with van der Waals surface area (Å²) in [5.74, 6) is -0.0229. The second-order valence-corrected chi connectivity index (χ2v) is 4.40. The van der Waals surface area contributed by atoms with E-state index in [0.29, 0.717) is 12.2 Å². The number of carbonyl (C=O) groups is 1. The van der Waals surface area contributed by atoms with Gasteiger partial charge in [-0.1, -0.05) is 0 Å². The van der Waals surface area contributed by atoms with Crippen LogP contribution in [0.3, 0.4) is 0 Å². The summed E-state index contributed by atoms with van der Waals surface area (Å²) in [7, 11) is 0. The molecule has 0 radical (unpaired) electrons. The molecule has 92 valence electrons. The zero-order chi connectivity index (χ0) is 12.9. The van der Waals surface area contributed by atoms with Crippen molar-refractivity contribution in [2.24, 2.45) is 5.41 Å². The normalized spacial score (nSPS) is 10.9. The molecule has 0 spiro atoms. The number of hydrogen-bond acceptors (Lipinski definition) is 5. The summed E-state index contributed by atoms with van der Waals surface area (Å²) in [5, 5.41) is 12.6. The van der Waals surface area contributed by atoms with Gasteiger partial charge in [0.2, 0.25) is 0 Å². The van der Waals surface area contributed by atoms with Gasteiger partial charge in [0.1, 0.15) is 12.4 Å². The number of ether oxygens (including phenoxy) is 1. The number of nitriles is 1. The Balaban J connectivity index is 2.30. The standard InChI is InChI=1S/C11H16N4O2/c1-11(2,8-12)4-6-17-10(16)7-15-5-3-9(13)14-15/h3,5H,4,6-7H2,1-2H3,(H2,13,14). The van der Waals surface area contributed by atoms with E-state index in [-0.39, 0.29) is 19.1 Å². The molecule has 0 atom stereocenters. The summed E-state index contributed by atoms with van der Waals surface area (Å²) in [6.45, 7) is 3.87. The molecule has 0 bridgehead atoms. The Morgan fingerprint density at radius 2 is 2.41 bits per heavy atom. The number of nitrogens with two attached hydrogens (primary N) is 1. The average molecular weight is 236 g/mol. The lowest BCUT2D eigenvalue weighted by atomic mass is 9.92. The van der Waals surface area contributed by atoms with Crippen molar-refractivity contribution in [3.05, 3.63) is 12.3 Å². The molecule has 0 saturated heterocycles. The fourth-order valence-corrected chi connectivity index (χ4v) is 1.12. The van der Waals surface area contributed by atoms with Gasteiger partial charge >= 0.3 is 5.97 Å². The molecule has 0 unspecified atom stereocenters. The summed E-state index contributed by atoms with van der Waals surface area (Å²) < 4.78 is 6.41. The fourth-order valence-electron chi connectivity index (χ4n) is 1.12. The zero-order valence-corrected chi connectivity index (χ0v) is 10.0. The van der Waals surface area contributed by atoms with Crippen LogP contribution in [0.4, 0.5) is 5.82 Å². The van der Waals surface area contributed by atoms with Gasteiger partial charge in [-0.2, -0.15) is 10.4 Å². The summed E-state index contributed by atoms with van der Waals surface area (Å²) in [6.07, 6.45) is 2.12. The molecule has 0 fully saturated rings. The fraction of sp³-hybridized carbons (Fsp3) is 0.545. The molecule has 1 heterocycles. The van der Waals surface area contributed by atoms with Crippen LogP contribution in [-0.2, 0) is 16.1 Å². The van der Waals surface area contributed by atoms with Crippen LogP contribution in [-0.4, -0.2) is 22.4 Å². The Morgan fingerprint density at radius 1 is 1.71 bits per heavy atom. The number of nitrogens with zero attached hydrogens (tertiary/aromatic N) is 3. The first kappa shape index (κ1) is 13.0. The number of anilines is 1. The molecule has 1 aromatic heterocycles. The van der Waals surface area contributed by atoms with Crippen molar-refractivity contribution in [1.29, 1.82) is 5.26 Å². The molecule has 6 heteroatoms. The smallest absolute Gasteiger partial charge is 0.327 e. The Labute approximate surface area is 100.0 Å². The van der Waals surface area contributed by atoms with Crippen LogP contribution in [0.2, 0.25) is 0 Å². The van der Waals surface area contributed by atoms with Crippen LogP contribution >= 0.6 is 0 Å². The Bertz CT molecular complexity index is 431. The Kier molecular flexibility index (Phi) is 4.10. The van der Waals surface area contributed by atoms with Crippen LogP contribution in [0.1, 0.15) is 20.3 Å². The van der Waals surface area contributed by atoms with E-state index in [1.807, 2.05) is 0 Å². The third kappa shape index (κ3) is 4.55. The quantitative estimate of drug-likeness (QED) is 0.768. The van der Waals surface area contributed by atoms with Crippen LogP contribution in [0.5, 0.6) is 0 Å². The van der Waals surface area contributed by atoms with Crippen LogP contribution in [0.15, 0.2) is 12.3 Å². The molecule has 1 aromatic rings. The third-order valence-electron chi connectivity index (χ3n) is 2.25. The lowest BCUT2D eigenvalue weighted by molar-refractivity contribution is -0.145. The lowest BCUT2D eigenvalue weighted by Gasteiger charge is -2.14. The molecular weight excluding hydrogens is 220 g/mol. The maximum absolute atomic E-state index is 11.4. The maximum atomic E-state index is 11.4. The van der Waals surface area contributed by atoms with E-state index < -0.39 is 5.41 Å². The molecule has 0 aliphatic heterocycles. The largest absolute Gasteiger partial charge is 0.464 e. The number of rotatable bonds is 5.